The van der Waals surface area contributed by atoms with Gasteiger partial charge in [-0.25, -0.2) is 4.68 Å². The summed E-state index contributed by atoms with van der Waals surface area (Å²) >= 11 is 0. The number of hydrogen-bond donors (Lipinski definition) is 1. The van der Waals surface area contributed by atoms with Gasteiger partial charge in [0.2, 0.25) is 5.91 Å². The molecule has 4 rings (SSSR count). The third kappa shape index (κ3) is 4.71. The first-order valence-corrected chi connectivity index (χ1v) is 10.2. The monoisotopic (exact) mass is 390 g/mol. The number of aromatic nitrogens is 2. The van der Waals surface area contributed by atoms with Crippen molar-refractivity contribution in [3.8, 4) is 0 Å². The zero-order chi connectivity index (χ0) is 20.1. The lowest BCUT2D eigenvalue weighted by Gasteiger charge is -2.16. The number of benzene rings is 2. The topological polar surface area (TPSA) is 67.2 Å². The van der Waals surface area contributed by atoms with E-state index in [9.17, 15) is 9.59 Å². The molecule has 0 saturated carbocycles. The van der Waals surface area contributed by atoms with E-state index in [0.717, 1.165) is 36.3 Å². The Morgan fingerprint density at radius 3 is 2.38 bits per heavy atom. The highest BCUT2D eigenvalue weighted by atomic mass is 16.1. The van der Waals surface area contributed by atoms with Gasteiger partial charge >= 0.3 is 0 Å². The molecule has 6 heteroatoms. The lowest BCUT2D eigenvalue weighted by atomic mass is 10.1. The fourth-order valence-electron chi connectivity index (χ4n) is 3.86. The lowest BCUT2D eigenvalue weighted by Crippen LogP contribution is -2.33. The van der Waals surface area contributed by atoms with Crippen LogP contribution in [0.4, 0.5) is 0 Å². The molecule has 1 saturated heterocycles. The highest BCUT2D eigenvalue weighted by Crippen LogP contribution is 2.14. The number of carbonyl (C=O) groups is 1. The average molecular weight is 390 g/mol. The van der Waals surface area contributed by atoms with Crippen molar-refractivity contribution in [1.29, 1.82) is 0 Å². The fourth-order valence-corrected chi connectivity index (χ4v) is 3.86. The van der Waals surface area contributed by atoms with Crippen LogP contribution in [0.3, 0.4) is 0 Å². The largest absolute Gasteiger partial charge is 0.350 e. The summed E-state index contributed by atoms with van der Waals surface area (Å²) in [6.07, 6.45) is 2.77. The van der Waals surface area contributed by atoms with Crippen LogP contribution < -0.4 is 10.9 Å². The Morgan fingerprint density at radius 2 is 1.62 bits per heavy atom. The van der Waals surface area contributed by atoms with E-state index in [1.54, 1.807) is 4.68 Å². The number of carbonyl (C=O) groups excluding carboxylic acids is 1. The van der Waals surface area contributed by atoms with Gasteiger partial charge in [0, 0.05) is 11.9 Å². The van der Waals surface area contributed by atoms with Crippen molar-refractivity contribution in [2.24, 2.45) is 0 Å². The smallest absolute Gasteiger partial charge is 0.274 e. The quantitative estimate of drug-likeness (QED) is 0.673. The minimum atomic E-state index is -0.0702. The van der Waals surface area contributed by atoms with Gasteiger partial charge in [0.05, 0.1) is 30.6 Å². The Labute approximate surface area is 170 Å². The van der Waals surface area contributed by atoms with Gasteiger partial charge in [0.15, 0.2) is 0 Å². The highest BCUT2D eigenvalue weighted by Gasteiger charge is 2.14. The SMILES string of the molecule is O=C(Cc1ccccc1)NCc1nn(CCN2CCCC2)c(=O)c2ccccc12. The molecule has 29 heavy (non-hydrogen) atoms. The van der Waals surface area contributed by atoms with E-state index in [2.05, 4.69) is 15.3 Å². The minimum Gasteiger partial charge on any atom is -0.350 e. The van der Waals surface area contributed by atoms with Crippen LogP contribution >= 0.6 is 0 Å². The first kappa shape index (κ1) is 19.3. The van der Waals surface area contributed by atoms with Gasteiger partial charge in [0.25, 0.3) is 5.56 Å². The van der Waals surface area contributed by atoms with E-state index < -0.39 is 0 Å². The van der Waals surface area contributed by atoms with E-state index in [0.29, 0.717) is 24.9 Å². The van der Waals surface area contributed by atoms with Crippen LogP contribution in [-0.4, -0.2) is 40.2 Å². The van der Waals surface area contributed by atoms with E-state index in [1.807, 2.05) is 54.6 Å². The molecule has 2 heterocycles. The molecular weight excluding hydrogens is 364 g/mol. The van der Waals surface area contributed by atoms with Gasteiger partial charge < -0.3 is 10.2 Å². The van der Waals surface area contributed by atoms with E-state index in [-0.39, 0.29) is 11.5 Å². The molecule has 1 aromatic heterocycles. The summed E-state index contributed by atoms with van der Waals surface area (Å²) in [5.41, 5.74) is 1.63. The molecule has 0 radical (unpaired) electrons. The Hall–Kier alpha value is -2.99. The molecular formula is C23H26N4O2. The summed E-state index contributed by atoms with van der Waals surface area (Å²) < 4.78 is 1.55. The predicted molar refractivity (Wildman–Crippen MR) is 114 cm³/mol. The number of rotatable bonds is 7. The number of nitrogens with zero attached hydrogens (tertiary/aromatic N) is 3. The van der Waals surface area contributed by atoms with Crippen LogP contribution in [0.2, 0.25) is 0 Å². The van der Waals surface area contributed by atoms with Crippen LogP contribution in [0.5, 0.6) is 0 Å². The third-order valence-electron chi connectivity index (χ3n) is 5.43. The standard InChI is InChI=1S/C23H26N4O2/c28-22(16-18-8-2-1-3-9-18)24-17-21-19-10-4-5-11-20(19)23(29)27(25-21)15-14-26-12-6-7-13-26/h1-5,8-11H,6-7,12-17H2,(H,24,28). The molecule has 0 bridgehead atoms. The normalized spacial score (nSPS) is 14.3. The molecule has 0 unspecified atom stereocenters. The maximum atomic E-state index is 12.9. The third-order valence-corrected chi connectivity index (χ3v) is 5.43. The first-order chi connectivity index (χ1) is 14.2. The molecule has 2 aromatic carbocycles. The van der Waals surface area contributed by atoms with Crippen molar-refractivity contribution >= 4 is 16.7 Å². The number of likely N-dealkylation sites (tertiary alicyclic amines) is 1. The van der Waals surface area contributed by atoms with Crippen LogP contribution in [0.1, 0.15) is 24.1 Å². The molecule has 1 fully saturated rings. The van der Waals surface area contributed by atoms with E-state index in [4.69, 9.17) is 0 Å². The molecule has 6 nitrogen and oxygen atoms in total. The van der Waals surface area contributed by atoms with Crippen LogP contribution in [0.15, 0.2) is 59.4 Å². The maximum Gasteiger partial charge on any atom is 0.274 e. The average Bonchev–Trinajstić information content (AvgIpc) is 3.27. The molecule has 3 aromatic rings. The summed E-state index contributed by atoms with van der Waals surface area (Å²) in [4.78, 5) is 27.6. The lowest BCUT2D eigenvalue weighted by molar-refractivity contribution is -0.120. The fraction of sp³-hybridized carbons (Fsp3) is 0.348. The molecule has 0 aliphatic carbocycles. The number of hydrogen-bond acceptors (Lipinski definition) is 4. The molecule has 1 N–H and O–H groups in total. The molecule has 1 amide bonds. The van der Waals surface area contributed by atoms with Crippen LogP contribution in [0, 0.1) is 0 Å². The Morgan fingerprint density at radius 1 is 0.931 bits per heavy atom. The van der Waals surface area contributed by atoms with Crippen LogP contribution in [-0.2, 0) is 24.3 Å². The van der Waals surface area contributed by atoms with Crippen molar-refractivity contribution in [3.05, 3.63) is 76.2 Å². The van der Waals surface area contributed by atoms with Crippen molar-refractivity contribution in [3.63, 3.8) is 0 Å². The minimum absolute atomic E-state index is 0.0584. The predicted octanol–water partition coefficient (Wildman–Crippen LogP) is 2.35. The molecule has 1 aliphatic rings. The van der Waals surface area contributed by atoms with Gasteiger partial charge in [-0.15, -0.1) is 0 Å². The summed E-state index contributed by atoms with van der Waals surface area (Å²) in [6.45, 7) is 3.87. The van der Waals surface area contributed by atoms with Gasteiger partial charge in [0.1, 0.15) is 0 Å². The van der Waals surface area contributed by atoms with E-state index >= 15 is 0 Å². The summed E-state index contributed by atoms with van der Waals surface area (Å²) in [5, 5.41) is 9.01. The van der Waals surface area contributed by atoms with Crippen molar-refractivity contribution in [2.45, 2.75) is 32.4 Å². The zero-order valence-electron chi connectivity index (χ0n) is 16.5. The summed E-state index contributed by atoms with van der Waals surface area (Å²) in [7, 11) is 0. The molecule has 150 valence electrons. The second-order valence-electron chi connectivity index (χ2n) is 7.51. The number of amides is 1. The second kappa shape index (κ2) is 9.01. The highest BCUT2D eigenvalue weighted by molar-refractivity contribution is 5.84. The molecule has 0 spiro atoms. The maximum absolute atomic E-state index is 12.9. The van der Waals surface area contributed by atoms with Crippen molar-refractivity contribution < 1.29 is 4.79 Å². The summed E-state index contributed by atoms with van der Waals surface area (Å²) in [5.74, 6) is -0.0584. The van der Waals surface area contributed by atoms with Gasteiger partial charge in [-0.05, 0) is 37.6 Å². The zero-order valence-corrected chi connectivity index (χ0v) is 16.5. The number of fused-ring (bicyclic) bond motifs is 1. The van der Waals surface area contributed by atoms with Crippen molar-refractivity contribution in [1.82, 2.24) is 20.0 Å². The Balaban J connectivity index is 1.51. The van der Waals surface area contributed by atoms with Crippen LogP contribution in [0.25, 0.3) is 10.8 Å². The van der Waals surface area contributed by atoms with Gasteiger partial charge in [-0.3, -0.25) is 9.59 Å². The van der Waals surface area contributed by atoms with E-state index in [1.165, 1.54) is 12.8 Å². The second-order valence-corrected chi connectivity index (χ2v) is 7.51. The van der Waals surface area contributed by atoms with Gasteiger partial charge in [-0.2, -0.15) is 5.10 Å². The molecule has 1 aliphatic heterocycles. The Bertz CT molecular complexity index is 1040. The van der Waals surface area contributed by atoms with Crippen molar-refractivity contribution in [2.75, 3.05) is 19.6 Å². The molecule has 0 atom stereocenters. The van der Waals surface area contributed by atoms with Gasteiger partial charge in [-0.1, -0.05) is 48.5 Å². The summed E-state index contributed by atoms with van der Waals surface area (Å²) in [6, 6.07) is 17.1. The number of nitrogens with one attached hydrogen (secondary N) is 1. The Kier molecular flexibility index (Phi) is 6.00. The first-order valence-electron chi connectivity index (χ1n) is 10.2.